The average Bonchev–Trinajstić information content (AvgIpc) is 2.48. The molecule has 120 valence electrons. The van der Waals surface area contributed by atoms with Gasteiger partial charge in [0.25, 0.3) is 5.91 Å². The molecule has 0 saturated carbocycles. The number of hydrogen-bond acceptors (Lipinski definition) is 3. The van der Waals surface area contributed by atoms with Gasteiger partial charge in [0, 0.05) is 6.54 Å². The number of amides is 1. The summed E-state index contributed by atoms with van der Waals surface area (Å²) < 4.78 is 5.62. The molecule has 0 atom stereocenters. The summed E-state index contributed by atoms with van der Waals surface area (Å²) in [4.78, 5) is 11.8. The number of carbonyl (C=O) groups is 1. The molecule has 6 heteroatoms. The van der Waals surface area contributed by atoms with Gasteiger partial charge in [-0.05, 0) is 42.3 Å². The van der Waals surface area contributed by atoms with Crippen LogP contribution in [-0.4, -0.2) is 24.2 Å². The lowest BCUT2D eigenvalue weighted by atomic mass is 10.0. The smallest absolute Gasteiger partial charge is 0.276 e. The van der Waals surface area contributed by atoms with Gasteiger partial charge in [0.1, 0.15) is 5.75 Å². The fourth-order valence-corrected chi connectivity index (χ4v) is 1.89. The Balaban J connectivity index is 2.49. The van der Waals surface area contributed by atoms with Crippen molar-refractivity contribution < 1.29 is 9.53 Å². The zero-order valence-corrected chi connectivity index (χ0v) is 14.0. The molecule has 0 aliphatic carbocycles. The summed E-state index contributed by atoms with van der Waals surface area (Å²) in [6.07, 6.45) is 1.67. The van der Waals surface area contributed by atoms with E-state index in [2.05, 4.69) is 36.6 Å². The molecule has 0 bridgehead atoms. The molecule has 0 unspecified atom stereocenters. The molecule has 0 saturated heterocycles. The minimum atomic E-state index is -0.307. The molecule has 1 aromatic rings. The van der Waals surface area contributed by atoms with E-state index in [1.807, 2.05) is 25.1 Å². The second-order valence-corrected chi connectivity index (χ2v) is 5.56. The summed E-state index contributed by atoms with van der Waals surface area (Å²) in [5.74, 6) is 0.754. The van der Waals surface area contributed by atoms with E-state index < -0.39 is 0 Å². The first-order valence-corrected chi connectivity index (χ1v) is 7.51. The minimum Gasteiger partial charge on any atom is -0.483 e. The fourth-order valence-electron chi connectivity index (χ4n) is 1.76. The molecular formula is C16H23N3O2S. The van der Waals surface area contributed by atoms with Crippen molar-refractivity contribution in [3.05, 3.63) is 42.0 Å². The van der Waals surface area contributed by atoms with Crippen LogP contribution in [0.1, 0.15) is 30.9 Å². The van der Waals surface area contributed by atoms with E-state index in [0.717, 1.165) is 16.9 Å². The first kappa shape index (κ1) is 18.0. The van der Waals surface area contributed by atoms with Crippen molar-refractivity contribution in [2.24, 2.45) is 0 Å². The summed E-state index contributed by atoms with van der Waals surface area (Å²) in [6, 6.07) is 6.00. The molecule has 1 rings (SSSR count). The third-order valence-corrected chi connectivity index (χ3v) is 3.12. The van der Waals surface area contributed by atoms with Crippen LogP contribution in [0, 0.1) is 6.92 Å². The molecule has 1 aromatic carbocycles. The fraction of sp³-hybridized carbons (Fsp3) is 0.375. The number of thiocarbonyl (C=S) groups is 1. The number of hydrazine groups is 1. The molecule has 0 aromatic heterocycles. The number of ether oxygens (including phenoxy) is 1. The predicted molar refractivity (Wildman–Crippen MR) is 92.8 cm³/mol. The Morgan fingerprint density at radius 1 is 1.41 bits per heavy atom. The molecule has 22 heavy (non-hydrogen) atoms. The SMILES string of the molecule is C=CCNC(=S)NNC(=O)COc1cc(C)ccc1C(C)C. The minimum absolute atomic E-state index is 0.0831. The number of aryl methyl sites for hydroxylation is 1. The van der Waals surface area contributed by atoms with E-state index >= 15 is 0 Å². The molecule has 5 nitrogen and oxygen atoms in total. The second-order valence-electron chi connectivity index (χ2n) is 5.16. The Hall–Kier alpha value is -2.08. The van der Waals surface area contributed by atoms with Crippen molar-refractivity contribution in [1.29, 1.82) is 0 Å². The second kappa shape index (κ2) is 9.04. The van der Waals surface area contributed by atoms with Gasteiger partial charge in [0.2, 0.25) is 0 Å². The van der Waals surface area contributed by atoms with Crippen molar-refractivity contribution in [2.45, 2.75) is 26.7 Å². The largest absolute Gasteiger partial charge is 0.483 e. The molecule has 0 radical (unpaired) electrons. The third-order valence-electron chi connectivity index (χ3n) is 2.87. The standard InChI is InChI=1S/C16H23N3O2S/c1-5-8-17-16(22)19-18-15(20)10-21-14-9-12(4)6-7-13(14)11(2)3/h5-7,9,11H,1,8,10H2,2-4H3,(H,18,20)(H2,17,19,22). The predicted octanol–water partition coefficient (Wildman–Crippen LogP) is 2.18. The number of nitrogens with one attached hydrogen (secondary N) is 3. The van der Waals surface area contributed by atoms with Gasteiger partial charge in [-0.1, -0.05) is 32.1 Å². The van der Waals surface area contributed by atoms with Gasteiger partial charge in [0.15, 0.2) is 11.7 Å². The summed E-state index contributed by atoms with van der Waals surface area (Å²) in [6.45, 7) is 10.2. The summed E-state index contributed by atoms with van der Waals surface area (Å²) >= 11 is 4.96. The van der Waals surface area contributed by atoms with E-state index in [1.165, 1.54) is 0 Å². The zero-order valence-electron chi connectivity index (χ0n) is 13.2. The Morgan fingerprint density at radius 3 is 2.77 bits per heavy atom. The van der Waals surface area contributed by atoms with Gasteiger partial charge in [-0.3, -0.25) is 15.6 Å². The maximum Gasteiger partial charge on any atom is 0.276 e. The van der Waals surface area contributed by atoms with Crippen LogP contribution < -0.4 is 20.9 Å². The van der Waals surface area contributed by atoms with E-state index in [-0.39, 0.29) is 12.5 Å². The van der Waals surface area contributed by atoms with E-state index in [9.17, 15) is 4.79 Å². The number of benzene rings is 1. The van der Waals surface area contributed by atoms with Crippen molar-refractivity contribution in [3.8, 4) is 5.75 Å². The highest BCUT2D eigenvalue weighted by Crippen LogP contribution is 2.27. The third kappa shape index (κ3) is 6.13. The monoisotopic (exact) mass is 321 g/mol. The molecule has 0 spiro atoms. The summed E-state index contributed by atoms with van der Waals surface area (Å²) in [7, 11) is 0. The first-order chi connectivity index (χ1) is 10.4. The van der Waals surface area contributed by atoms with Crippen molar-refractivity contribution in [2.75, 3.05) is 13.2 Å². The number of rotatable bonds is 6. The normalized spacial score (nSPS) is 10.0. The molecule has 1 amide bonds. The van der Waals surface area contributed by atoms with Crippen LogP contribution >= 0.6 is 12.2 Å². The highest BCUT2D eigenvalue weighted by atomic mass is 32.1. The molecule has 3 N–H and O–H groups in total. The van der Waals surface area contributed by atoms with Gasteiger partial charge in [-0.25, -0.2) is 0 Å². The van der Waals surface area contributed by atoms with Crippen LogP contribution in [0.2, 0.25) is 0 Å². The van der Waals surface area contributed by atoms with E-state index in [4.69, 9.17) is 17.0 Å². The zero-order chi connectivity index (χ0) is 16.5. The Labute approximate surface area is 137 Å². The Bertz CT molecular complexity index is 544. The van der Waals surface area contributed by atoms with Crippen LogP contribution in [0.4, 0.5) is 0 Å². The van der Waals surface area contributed by atoms with Gasteiger partial charge >= 0.3 is 0 Å². The summed E-state index contributed by atoms with van der Waals surface area (Å²) in [5, 5.41) is 3.17. The van der Waals surface area contributed by atoms with Crippen LogP contribution in [0.15, 0.2) is 30.9 Å². The van der Waals surface area contributed by atoms with Gasteiger partial charge in [0.05, 0.1) is 0 Å². The maximum atomic E-state index is 11.8. The van der Waals surface area contributed by atoms with Crippen LogP contribution in [0.5, 0.6) is 5.75 Å². The highest BCUT2D eigenvalue weighted by Gasteiger charge is 2.10. The lowest BCUT2D eigenvalue weighted by Gasteiger charge is -2.15. The van der Waals surface area contributed by atoms with Crippen LogP contribution in [0.25, 0.3) is 0 Å². The molecule has 0 heterocycles. The van der Waals surface area contributed by atoms with Crippen molar-refractivity contribution in [1.82, 2.24) is 16.2 Å². The topological polar surface area (TPSA) is 62.4 Å². The molecule has 0 aliphatic heterocycles. The summed E-state index contributed by atoms with van der Waals surface area (Å²) in [5.41, 5.74) is 7.24. The first-order valence-electron chi connectivity index (χ1n) is 7.11. The van der Waals surface area contributed by atoms with Gasteiger partial charge in [-0.15, -0.1) is 6.58 Å². The maximum absolute atomic E-state index is 11.8. The van der Waals surface area contributed by atoms with Crippen LogP contribution in [0.3, 0.4) is 0 Å². The quantitative estimate of drug-likeness (QED) is 0.426. The highest BCUT2D eigenvalue weighted by molar-refractivity contribution is 7.80. The lowest BCUT2D eigenvalue weighted by Crippen LogP contribution is -2.48. The van der Waals surface area contributed by atoms with Crippen molar-refractivity contribution >= 4 is 23.2 Å². The Kier molecular flexibility index (Phi) is 7.39. The van der Waals surface area contributed by atoms with Crippen LogP contribution in [-0.2, 0) is 4.79 Å². The van der Waals surface area contributed by atoms with Gasteiger partial charge < -0.3 is 10.1 Å². The number of hydrogen-bond donors (Lipinski definition) is 3. The average molecular weight is 321 g/mol. The molecular weight excluding hydrogens is 298 g/mol. The van der Waals surface area contributed by atoms with Gasteiger partial charge in [-0.2, -0.15) is 0 Å². The number of carbonyl (C=O) groups excluding carboxylic acids is 1. The van der Waals surface area contributed by atoms with Crippen molar-refractivity contribution in [3.63, 3.8) is 0 Å². The molecule has 0 aliphatic rings. The van der Waals surface area contributed by atoms with E-state index in [1.54, 1.807) is 6.08 Å². The Morgan fingerprint density at radius 2 is 2.14 bits per heavy atom. The van der Waals surface area contributed by atoms with E-state index in [0.29, 0.717) is 17.6 Å². The molecule has 0 fully saturated rings. The lowest BCUT2D eigenvalue weighted by molar-refractivity contribution is -0.123.